The monoisotopic (exact) mass is 213 g/mol. The fraction of sp³-hybridized carbons (Fsp3) is 1.00. The zero-order valence-corrected chi connectivity index (χ0v) is 10.3. The lowest BCUT2D eigenvalue weighted by molar-refractivity contribution is 0.118. The lowest BCUT2D eigenvalue weighted by Crippen LogP contribution is -2.45. The van der Waals surface area contributed by atoms with Crippen LogP contribution in [-0.4, -0.2) is 24.6 Å². The van der Waals surface area contributed by atoms with Crippen LogP contribution < -0.4 is 5.32 Å². The van der Waals surface area contributed by atoms with Crippen LogP contribution in [0.5, 0.6) is 0 Å². The predicted octanol–water partition coefficient (Wildman–Crippen LogP) is 2.77. The van der Waals surface area contributed by atoms with Crippen LogP contribution in [0.15, 0.2) is 0 Å². The Hall–Kier alpha value is 0.310. The molecule has 0 aliphatic carbocycles. The summed E-state index contributed by atoms with van der Waals surface area (Å²) < 4.78 is 0. The molecular formula is C12H23NS. The van der Waals surface area contributed by atoms with Crippen LogP contribution in [-0.2, 0) is 0 Å². The molecule has 2 heteroatoms. The van der Waals surface area contributed by atoms with Crippen molar-refractivity contribution in [1.29, 1.82) is 0 Å². The van der Waals surface area contributed by atoms with E-state index in [0.717, 1.165) is 17.3 Å². The maximum Gasteiger partial charge on any atom is -0.000690 e. The number of nitrogens with one attached hydrogen (secondary N) is 1. The Kier molecular flexibility index (Phi) is 3.43. The molecule has 0 amide bonds. The van der Waals surface area contributed by atoms with Gasteiger partial charge in [0.25, 0.3) is 0 Å². The molecule has 2 fully saturated rings. The smallest absolute Gasteiger partial charge is 0.000690 e. The molecule has 2 heterocycles. The van der Waals surface area contributed by atoms with Crippen LogP contribution in [0, 0.1) is 17.3 Å². The number of thioether (sulfide) groups is 1. The van der Waals surface area contributed by atoms with E-state index in [1.54, 1.807) is 0 Å². The zero-order valence-electron chi connectivity index (χ0n) is 9.51. The first-order valence-corrected chi connectivity index (χ1v) is 7.17. The highest BCUT2D eigenvalue weighted by Gasteiger charge is 2.42. The molecule has 0 bridgehead atoms. The molecule has 2 saturated heterocycles. The Labute approximate surface area is 92.4 Å². The third kappa shape index (κ3) is 2.11. The zero-order chi connectivity index (χ0) is 10.0. The first kappa shape index (κ1) is 10.8. The van der Waals surface area contributed by atoms with Crippen molar-refractivity contribution in [3.8, 4) is 0 Å². The second kappa shape index (κ2) is 4.44. The average molecular weight is 213 g/mol. The van der Waals surface area contributed by atoms with E-state index in [1.165, 1.54) is 43.9 Å². The molecule has 1 nitrogen and oxygen atoms in total. The van der Waals surface area contributed by atoms with Gasteiger partial charge in [-0.05, 0) is 61.1 Å². The Morgan fingerprint density at radius 1 is 1.43 bits per heavy atom. The van der Waals surface area contributed by atoms with Crippen LogP contribution in [0.4, 0.5) is 0 Å². The summed E-state index contributed by atoms with van der Waals surface area (Å²) in [7, 11) is 0. The van der Waals surface area contributed by atoms with Crippen molar-refractivity contribution in [2.75, 3.05) is 24.6 Å². The Bertz CT molecular complexity index is 185. The van der Waals surface area contributed by atoms with Crippen molar-refractivity contribution >= 4 is 11.8 Å². The van der Waals surface area contributed by atoms with Gasteiger partial charge in [-0.15, -0.1) is 0 Å². The van der Waals surface area contributed by atoms with Crippen molar-refractivity contribution in [3.63, 3.8) is 0 Å². The number of rotatable bonds is 2. The molecular weight excluding hydrogens is 190 g/mol. The van der Waals surface area contributed by atoms with Gasteiger partial charge in [-0.2, -0.15) is 11.8 Å². The molecule has 0 saturated carbocycles. The SMILES string of the molecule is CC(C)CC1CNCCC12CCSC2. The van der Waals surface area contributed by atoms with Crippen LogP contribution >= 0.6 is 11.8 Å². The van der Waals surface area contributed by atoms with Gasteiger partial charge >= 0.3 is 0 Å². The van der Waals surface area contributed by atoms with Gasteiger partial charge in [0.05, 0.1) is 0 Å². The fourth-order valence-corrected chi connectivity index (χ4v) is 4.70. The molecule has 0 aromatic carbocycles. The van der Waals surface area contributed by atoms with Crippen molar-refractivity contribution in [2.24, 2.45) is 17.3 Å². The summed E-state index contributed by atoms with van der Waals surface area (Å²) in [6.45, 7) is 7.27. The highest BCUT2D eigenvalue weighted by Crippen LogP contribution is 2.48. The quantitative estimate of drug-likeness (QED) is 0.757. The Balaban J connectivity index is 2.02. The van der Waals surface area contributed by atoms with E-state index < -0.39 is 0 Å². The van der Waals surface area contributed by atoms with E-state index in [9.17, 15) is 0 Å². The number of hydrogen-bond acceptors (Lipinski definition) is 2. The van der Waals surface area contributed by atoms with Gasteiger partial charge in [0.15, 0.2) is 0 Å². The van der Waals surface area contributed by atoms with Gasteiger partial charge < -0.3 is 5.32 Å². The van der Waals surface area contributed by atoms with E-state index >= 15 is 0 Å². The molecule has 2 unspecified atom stereocenters. The first-order chi connectivity index (χ1) is 6.73. The molecule has 1 spiro atoms. The summed E-state index contributed by atoms with van der Waals surface area (Å²) in [5.41, 5.74) is 0.722. The summed E-state index contributed by atoms with van der Waals surface area (Å²) in [6, 6.07) is 0. The highest BCUT2D eigenvalue weighted by atomic mass is 32.2. The Morgan fingerprint density at radius 3 is 2.93 bits per heavy atom. The molecule has 2 atom stereocenters. The maximum absolute atomic E-state index is 3.58. The molecule has 2 aliphatic heterocycles. The lowest BCUT2D eigenvalue weighted by atomic mass is 9.68. The molecule has 2 rings (SSSR count). The molecule has 14 heavy (non-hydrogen) atoms. The molecule has 0 radical (unpaired) electrons. The van der Waals surface area contributed by atoms with Gasteiger partial charge in [0, 0.05) is 0 Å². The summed E-state index contributed by atoms with van der Waals surface area (Å²) >= 11 is 2.18. The topological polar surface area (TPSA) is 12.0 Å². The van der Waals surface area contributed by atoms with Crippen molar-refractivity contribution < 1.29 is 0 Å². The summed E-state index contributed by atoms with van der Waals surface area (Å²) in [6.07, 6.45) is 4.34. The molecule has 0 aromatic heterocycles. The number of hydrogen-bond donors (Lipinski definition) is 1. The summed E-state index contributed by atoms with van der Waals surface area (Å²) in [5.74, 6) is 4.66. The van der Waals surface area contributed by atoms with Crippen molar-refractivity contribution in [3.05, 3.63) is 0 Å². The van der Waals surface area contributed by atoms with Gasteiger partial charge in [-0.25, -0.2) is 0 Å². The van der Waals surface area contributed by atoms with Crippen LogP contribution in [0.3, 0.4) is 0 Å². The summed E-state index contributed by atoms with van der Waals surface area (Å²) in [5, 5.41) is 3.58. The van der Waals surface area contributed by atoms with E-state index in [1.807, 2.05) is 0 Å². The van der Waals surface area contributed by atoms with E-state index in [0.29, 0.717) is 0 Å². The van der Waals surface area contributed by atoms with Crippen LogP contribution in [0.25, 0.3) is 0 Å². The second-order valence-corrected chi connectivity index (χ2v) is 6.55. The van der Waals surface area contributed by atoms with Crippen molar-refractivity contribution in [2.45, 2.75) is 33.1 Å². The van der Waals surface area contributed by atoms with E-state index in [2.05, 4.69) is 30.9 Å². The van der Waals surface area contributed by atoms with Gasteiger partial charge in [0.1, 0.15) is 0 Å². The first-order valence-electron chi connectivity index (χ1n) is 6.01. The minimum atomic E-state index is 0.722. The van der Waals surface area contributed by atoms with Gasteiger partial charge in [-0.3, -0.25) is 0 Å². The van der Waals surface area contributed by atoms with Crippen LogP contribution in [0.2, 0.25) is 0 Å². The third-order valence-electron chi connectivity index (χ3n) is 3.95. The number of piperidine rings is 1. The molecule has 1 N–H and O–H groups in total. The normalized spacial score (nSPS) is 38.4. The second-order valence-electron chi connectivity index (χ2n) is 5.45. The summed E-state index contributed by atoms with van der Waals surface area (Å²) in [4.78, 5) is 0. The predicted molar refractivity (Wildman–Crippen MR) is 64.8 cm³/mol. The highest BCUT2D eigenvalue weighted by molar-refractivity contribution is 7.99. The molecule has 0 aromatic rings. The fourth-order valence-electron chi connectivity index (χ4n) is 3.08. The standard InChI is InChI=1S/C12H23NS/c1-10(2)7-11-8-13-5-3-12(11)4-6-14-9-12/h10-11,13H,3-9H2,1-2H3. The average Bonchev–Trinajstić information content (AvgIpc) is 2.58. The van der Waals surface area contributed by atoms with Gasteiger partial charge in [-0.1, -0.05) is 13.8 Å². The molecule has 2 aliphatic rings. The van der Waals surface area contributed by atoms with Crippen LogP contribution in [0.1, 0.15) is 33.1 Å². The minimum Gasteiger partial charge on any atom is -0.316 e. The largest absolute Gasteiger partial charge is 0.316 e. The van der Waals surface area contributed by atoms with E-state index in [-0.39, 0.29) is 0 Å². The lowest BCUT2D eigenvalue weighted by Gasteiger charge is -2.42. The Morgan fingerprint density at radius 2 is 2.29 bits per heavy atom. The third-order valence-corrected chi connectivity index (χ3v) is 5.22. The maximum atomic E-state index is 3.58. The van der Waals surface area contributed by atoms with Gasteiger partial charge in [0.2, 0.25) is 0 Å². The molecule has 82 valence electrons. The van der Waals surface area contributed by atoms with Crippen molar-refractivity contribution in [1.82, 2.24) is 5.32 Å². The van der Waals surface area contributed by atoms with E-state index in [4.69, 9.17) is 0 Å². The minimum absolute atomic E-state index is 0.722.